The van der Waals surface area contributed by atoms with Crippen LogP contribution in [-0.2, 0) is 10.2 Å². The lowest BCUT2D eigenvalue weighted by atomic mass is 9.73. The van der Waals surface area contributed by atoms with E-state index in [9.17, 15) is 10.0 Å². The highest BCUT2D eigenvalue weighted by Crippen LogP contribution is 2.33. The molecule has 5 nitrogen and oxygen atoms in total. The molecule has 6 heteroatoms. The summed E-state index contributed by atoms with van der Waals surface area (Å²) in [5.41, 5.74) is 1.07. The van der Waals surface area contributed by atoms with Gasteiger partial charge < -0.3 is 14.8 Å². The Morgan fingerprint density at radius 1 is 1.19 bits per heavy atom. The summed E-state index contributed by atoms with van der Waals surface area (Å²) in [6.07, 6.45) is 5.76. The van der Waals surface area contributed by atoms with Gasteiger partial charge in [0.25, 0.3) is 0 Å². The molecule has 1 aliphatic carbocycles. The van der Waals surface area contributed by atoms with E-state index in [4.69, 9.17) is 4.74 Å². The first-order chi connectivity index (χ1) is 9.82. The second-order valence-corrected chi connectivity index (χ2v) is 6.87. The molecule has 0 aliphatic heterocycles. The minimum atomic E-state index is -1.52. The highest BCUT2D eigenvalue weighted by atomic mass is 16.5. The zero-order valence-corrected chi connectivity index (χ0v) is 13.3. The Morgan fingerprint density at radius 3 is 2.29 bits per heavy atom. The van der Waals surface area contributed by atoms with Crippen molar-refractivity contribution in [3.05, 3.63) is 17.7 Å². The summed E-state index contributed by atoms with van der Waals surface area (Å²) in [6.45, 7) is 6.18. The lowest BCUT2D eigenvalue weighted by Gasteiger charge is -2.29. The number of nitrogens with zero attached hydrogens (tertiary/aromatic N) is 2. The van der Waals surface area contributed by atoms with Gasteiger partial charge in [-0.15, -0.1) is 0 Å². The van der Waals surface area contributed by atoms with E-state index >= 15 is 0 Å². The van der Waals surface area contributed by atoms with Gasteiger partial charge in [0, 0.05) is 35.8 Å². The van der Waals surface area contributed by atoms with Crippen LogP contribution in [0.15, 0.2) is 6.20 Å². The maximum absolute atomic E-state index is 9.58. The van der Waals surface area contributed by atoms with Crippen LogP contribution in [0.1, 0.15) is 63.9 Å². The maximum atomic E-state index is 9.58. The molecule has 116 valence electrons. The molecule has 2 rings (SSSR count). The van der Waals surface area contributed by atoms with Crippen LogP contribution in [0.4, 0.5) is 0 Å². The van der Waals surface area contributed by atoms with E-state index in [1.54, 1.807) is 13.3 Å². The lowest BCUT2D eigenvalue weighted by molar-refractivity contribution is 0.0655. The van der Waals surface area contributed by atoms with Crippen molar-refractivity contribution < 1.29 is 14.8 Å². The van der Waals surface area contributed by atoms with E-state index in [1.165, 1.54) is 0 Å². The molecule has 0 unspecified atom stereocenters. The van der Waals surface area contributed by atoms with E-state index < -0.39 is 7.12 Å². The summed E-state index contributed by atoms with van der Waals surface area (Å²) >= 11 is 0. The van der Waals surface area contributed by atoms with Crippen molar-refractivity contribution in [3.8, 4) is 0 Å². The molecule has 1 aromatic rings. The normalized spacial score (nSPS) is 23.1. The zero-order valence-electron chi connectivity index (χ0n) is 13.3. The van der Waals surface area contributed by atoms with Crippen LogP contribution in [0.25, 0.3) is 0 Å². The Morgan fingerprint density at radius 2 is 1.81 bits per heavy atom. The lowest BCUT2D eigenvalue weighted by Crippen LogP contribution is -2.38. The summed E-state index contributed by atoms with van der Waals surface area (Å²) in [4.78, 5) is 8.97. The van der Waals surface area contributed by atoms with Crippen LogP contribution in [-0.4, -0.2) is 40.3 Å². The summed E-state index contributed by atoms with van der Waals surface area (Å²) in [6, 6.07) is 0. The molecule has 0 bridgehead atoms. The van der Waals surface area contributed by atoms with Crippen LogP contribution in [0.3, 0.4) is 0 Å². The van der Waals surface area contributed by atoms with Gasteiger partial charge in [0.05, 0.1) is 6.10 Å². The van der Waals surface area contributed by atoms with E-state index in [0.29, 0.717) is 11.6 Å². The van der Waals surface area contributed by atoms with Crippen molar-refractivity contribution >= 4 is 12.6 Å². The van der Waals surface area contributed by atoms with Crippen molar-refractivity contribution in [3.63, 3.8) is 0 Å². The molecule has 0 radical (unpaired) electrons. The predicted molar refractivity (Wildman–Crippen MR) is 82.6 cm³/mol. The van der Waals surface area contributed by atoms with Gasteiger partial charge in [-0.05, 0) is 25.7 Å². The molecular weight excluding hydrogens is 267 g/mol. The van der Waals surface area contributed by atoms with Gasteiger partial charge in [0.1, 0.15) is 5.82 Å². The van der Waals surface area contributed by atoms with Gasteiger partial charge in [0.2, 0.25) is 0 Å². The fraction of sp³-hybridized carbons (Fsp3) is 0.733. The highest BCUT2D eigenvalue weighted by Gasteiger charge is 2.30. The van der Waals surface area contributed by atoms with Gasteiger partial charge in [0.15, 0.2) is 0 Å². The SMILES string of the molecule is COC1CCC(c2nc(C(C)(C)C)ncc2B(O)O)CC1. The van der Waals surface area contributed by atoms with Crippen LogP contribution < -0.4 is 5.46 Å². The molecule has 1 heterocycles. The monoisotopic (exact) mass is 292 g/mol. The molecule has 2 N–H and O–H groups in total. The van der Waals surface area contributed by atoms with E-state index in [1.807, 2.05) is 0 Å². The molecule has 1 aromatic heterocycles. The van der Waals surface area contributed by atoms with Crippen LogP contribution in [0.2, 0.25) is 0 Å². The van der Waals surface area contributed by atoms with E-state index in [-0.39, 0.29) is 11.3 Å². The summed E-state index contributed by atoms with van der Waals surface area (Å²) in [5.74, 6) is 0.994. The number of rotatable bonds is 3. The number of hydrogen-bond acceptors (Lipinski definition) is 5. The third-order valence-electron chi connectivity index (χ3n) is 4.19. The number of aromatic nitrogens is 2. The van der Waals surface area contributed by atoms with Gasteiger partial charge >= 0.3 is 7.12 Å². The fourth-order valence-corrected chi connectivity index (χ4v) is 2.86. The zero-order chi connectivity index (χ0) is 15.6. The third kappa shape index (κ3) is 3.81. The second kappa shape index (κ2) is 6.42. The first kappa shape index (κ1) is 16.4. The average molecular weight is 292 g/mol. The van der Waals surface area contributed by atoms with Crippen molar-refractivity contribution in [2.24, 2.45) is 0 Å². The molecular formula is C15H25BN2O3. The van der Waals surface area contributed by atoms with Crippen molar-refractivity contribution in [1.82, 2.24) is 9.97 Å². The van der Waals surface area contributed by atoms with Crippen LogP contribution in [0, 0.1) is 0 Å². The van der Waals surface area contributed by atoms with Crippen molar-refractivity contribution in [1.29, 1.82) is 0 Å². The molecule has 1 aliphatic rings. The molecule has 0 atom stereocenters. The predicted octanol–water partition coefficient (Wildman–Crippen LogP) is 1.13. The highest BCUT2D eigenvalue weighted by molar-refractivity contribution is 6.59. The largest absolute Gasteiger partial charge is 0.491 e. The van der Waals surface area contributed by atoms with Gasteiger partial charge in [-0.1, -0.05) is 20.8 Å². The molecule has 0 aromatic carbocycles. The summed E-state index contributed by atoms with van der Waals surface area (Å²) in [7, 11) is 0.227. The van der Waals surface area contributed by atoms with Gasteiger partial charge in [-0.2, -0.15) is 0 Å². The number of methoxy groups -OCH3 is 1. The Labute approximate surface area is 126 Å². The molecule has 1 fully saturated rings. The Balaban J connectivity index is 2.31. The van der Waals surface area contributed by atoms with Crippen molar-refractivity contribution in [2.45, 2.75) is 63.9 Å². The molecule has 1 saturated carbocycles. The average Bonchev–Trinajstić information content (AvgIpc) is 2.45. The molecule has 0 spiro atoms. The van der Waals surface area contributed by atoms with Crippen molar-refractivity contribution in [2.75, 3.05) is 7.11 Å². The quantitative estimate of drug-likeness (QED) is 0.817. The summed E-state index contributed by atoms with van der Waals surface area (Å²) in [5, 5.41) is 19.2. The fourth-order valence-electron chi connectivity index (χ4n) is 2.86. The molecule has 0 saturated heterocycles. The smallest absolute Gasteiger partial charge is 0.423 e. The first-order valence-electron chi connectivity index (χ1n) is 7.59. The third-order valence-corrected chi connectivity index (χ3v) is 4.19. The van der Waals surface area contributed by atoms with Crippen LogP contribution >= 0.6 is 0 Å². The maximum Gasteiger partial charge on any atom is 0.491 e. The van der Waals surface area contributed by atoms with E-state index in [2.05, 4.69) is 30.7 Å². The Bertz CT molecular complexity index is 480. The minimum Gasteiger partial charge on any atom is -0.423 e. The Kier molecular flexibility index (Phi) is 5.01. The first-order valence-corrected chi connectivity index (χ1v) is 7.59. The number of hydrogen-bond donors (Lipinski definition) is 2. The topological polar surface area (TPSA) is 75.5 Å². The summed E-state index contributed by atoms with van der Waals surface area (Å²) < 4.78 is 5.40. The molecule has 21 heavy (non-hydrogen) atoms. The van der Waals surface area contributed by atoms with Gasteiger partial charge in [-0.25, -0.2) is 9.97 Å². The van der Waals surface area contributed by atoms with Crippen LogP contribution in [0.5, 0.6) is 0 Å². The standard InChI is InChI=1S/C15H25BN2O3/c1-15(2,3)14-17-9-12(16(19)20)13(18-14)10-5-7-11(21-4)8-6-10/h9-11,19-20H,5-8H2,1-4H3. The Hall–Kier alpha value is -0.975. The number of ether oxygens (including phenoxy) is 1. The second-order valence-electron chi connectivity index (χ2n) is 6.87. The minimum absolute atomic E-state index is 0.155. The van der Waals surface area contributed by atoms with Gasteiger partial charge in [-0.3, -0.25) is 0 Å². The van der Waals surface area contributed by atoms with E-state index in [0.717, 1.165) is 37.2 Å². The molecule has 0 amide bonds.